The van der Waals surface area contributed by atoms with E-state index in [2.05, 4.69) is 47.4 Å². The standard InChI is InChI=1S/C15H22N4S/c1-4-16-15-18-13(17-12-7-5-6-9(12)2)11-8-10(3)20-14(11)19-15/h8-9,12H,4-7H2,1-3H3,(H2,16,17,18,19). The van der Waals surface area contributed by atoms with Crippen LogP contribution in [0.25, 0.3) is 10.2 Å². The summed E-state index contributed by atoms with van der Waals surface area (Å²) in [5.74, 6) is 2.45. The van der Waals surface area contributed by atoms with Crippen molar-refractivity contribution in [3.63, 3.8) is 0 Å². The van der Waals surface area contributed by atoms with Crippen LogP contribution in [0.4, 0.5) is 11.8 Å². The number of hydrogen-bond acceptors (Lipinski definition) is 5. The van der Waals surface area contributed by atoms with Crippen molar-refractivity contribution < 1.29 is 0 Å². The second kappa shape index (κ2) is 5.56. The molecule has 1 aliphatic rings. The van der Waals surface area contributed by atoms with Crippen LogP contribution in [-0.4, -0.2) is 22.6 Å². The Morgan fingerprint density at radius 3 is 2.90 bits per heavy atom. The first kappa shape index (κ1) is 13.6. The maximum Gasteiger partial charge on any atom is 0.226 e. The third-order valence-electron chi connectivity index (χ3n) is 4.03. The fraction of sp³-hybridized carbons (Fsp3) is 0.600. The minimum Gasteiger partial charge on any atom is -0.366 e. The quantitative estimate of drug-likeness (QED) is 0.892. The number of thiophene rings is 1. The molecule has 20 heavy (non-hydrogen) atoms. The first-order valence-electron chi connectivity index (χ1n) is 7.46. The van der Waals surface area contributed by atoms with E-state index in [0.717, 1.165) is 34.4 Å². The summed E-state index contributed by atoms with van der Waals surface area (Å²) in [7, 11) is 0. The molecular formula is C15H22N4S. The number of nitrogens with one attached hydrogen (secondary N) is 2. The Balaban J connectivity index is 1.98. The van der Waals surface area contributed by atoms with Gasteiger partial charge in [-0.05, 0) is 38.7 Å². The van der Waals surface area contributed by atoms with E-state index in [1.165, 1.54) is 24.1 Å². The van der Waals surface area contributed by atoms with E-state index < -0.39 is 0 Å². The third kappa shape index (κ3) is 2.59. The van der Waals surface area contributed by atoms with Crippen LogP contribution in [0, 0.1) is 12.8 Å². The zero-order valence-electron chi connectivity index (χ0n) is 12.4. The minimum absolute atomic E-state index is 0.544. The molecule has 2 aromatic rings. The maximum atomic E-state index is 4.68. The molecule has 0 saturated heterocycles. The summed E-state index contributed by atoms with van der Waals surface area (Å²) < 4.78 is 0. The van der Waals surface area contributed by atoms with Gasteiger partial charge in [0.1, 0.15) is 10.6 Å². The van der Waals surface area contributed by atoms with Crippen molar-refractivity contribution in [2.24, 2.45) is 5.92 Å². The number of hydrogen-bond donors (Lipinski definition) is 2. The van der Waals surface area contributed by atoms with Gasteiger partial charge in [-0.25, -0.2) is 4.98 Å². The largest absolute Gasteiger partial charge is 0.366 e. The van der Waals surface area contributed by atoms with Gasteiger partial charge in [0.15, 0.2) is 0 Å². The molecule has 0 spiro atoms. The molecule has 2 aromatic heterocycles. The van der Waals surface area contributed by atoms with Gasteiger partial charge in [-0.15, -0.1) is 11.3 Å². The topological polar surface area (TPSA) is 49.8 Å². The molecule has 2 heterocycles. The van der Waals surface area contributed by atoms with Crippen LogP contribution in [0.15, 0.2) is 6.07 Å². The number of anilines is 2. The molecule has 0 aromatic carbocycles. The Bertz CT molecular complexity index is 607. The Morgan fingerprint density at radius 1 is 1.35 bits per heavy atom. The minimum atomic E-state index is 0.544. The smallest absolute Gasteiger partial charge is 0.226 e. The number of rotatable bonds is 4. The van der Waals surface area contributed by atoms with E-state index in [9.17, 15) is 0 Å². The second-order valence-corrected chi connectivity index (χ2v) is 6.90. The van der Waals surface area contributed by atoms with Crippen molar-refractivity contribution in [2.45, 2.75) is 46.1 Å². The van der Waals surface area contributed by atoms with Crippen LogP contribution in [0.2, 0.25) is 0 Å². The summed E-state index contributed by atoms with van der Waals surface area (Å²) in [5.41, 5.74) is 0. The van der Waals surface area contributed by atoms with Gasteiger partial charge in [-0.2, -0.15) is 4.98 Å². The Labute approximate surface area is 124 Å². The van der Waals surface area contributed by atoms with E-state index in [1.54, 1.807) is 11.3 Å². The summed E-state index contributed by atoms with van der Waals surface area (Å²) in [6.45, 7) is 7.36. The van der Waals surface area contributed by atoms with E-state index in [-0.39, 0.29) is 0 Å². The zero-order valence-corrected chi connectivity index (χ0v) is 13.2. The lowest BCUT2D eigenvalue weighted by molar-refractivity contribution is 0.555. The Hall–Kier alpha value is -1.36. The van der Waals surface area contributed by atoms with Crippen molar-refractivity contribution in [1.82, 2.24) is 9.97 Å². The molecule has 1 fully saturated rings. The average molecular weight is 290 g/mol. The summed E-state index contributed by atoms with van der Waals surface area (Å²) in [6.07, 6.45) is 3.87. The fourth-order valence-electron chi connectivity index (χ4n) is 2.92. The Morgan fingerprint density at radius 2 is 2.20 bits per heavy atom. The number of nitrogens with zero attached hydrogens (tertiary/aromatic N) is 2. The van der Waals surface area contributed by atoms with E-state index >= 15 is 0 Å². The molecule has 0 aliphatic heterocycles. The predicted octanol–water partition coefficient (Wildman–Crippen LogP) is 4.03. The molecule has 1 saturated carbocycles. The Kier molecular flexibility index (Phi) is 3.78. The van der Waals surface area contributed by atoms with E-state index in [0.29, 0.717) is 6.04 Å². The molecule has 0 bridgehead atoms. The monoisotopic (exact) mass is 290 g/mol. The summed E-state index contributed by atoms with van der Waals surface area (Å²) in [4.78, 5) is 11.6. The van der Waals surface area contributed by atoms with Crippen molar-refractivity contribution in [1.29, 1.82) is 0 Å². The van der Waals surface area contributed by atoms with E-state index in [4.69, 9.17) is 0 Å². The van der Waals surface area contributed by atoms with Crippen LogP contribution < -0.4 is 10.6 Å². The van der Waals surface area contributed by atoms with Gasteiger partial charge in [-0.1, -0.05) is 13.3 Å². The lowest BCUT2D eigenvalue weighted by atomic mass is 10.1. The summed E-state index contributed by atoms with van der Waals surface area (Å²) in [5, 5.41) is 8.05. The SMILES string of the molecule is CCNc1nc(NC2CCCC2C)c2cc(C)sc2n1. The van der Waals surface area contributed by atoms with Crippen molar-refractivity contribution in [3.8, 4) is 0 Å². The molecular weight excluding hydrogens is 268 g/mol. The van der Waals surface area contributed by atoms with Crippen LogP contribution in [-0.2, 0) is 0 Å². The van der Waals surface area contributed by atoms with Gasteiger partial charge < -0.3 is 10.6 Å². The number of aromatic nitrogens is 2. The van der Waals surface area contributed by atoms with Crippen molar-refractivity contribution in [2.75, 3.05) is 17.2 Å². The van der Waals surface area contributed by atoms with Crippen molar-refractivity contribution in [3.05, 3.63) is 10.9 Å². The third-order valence-corrected chi connectivity index (χ3v) is 4.98. The highest BCUT2D eigenvalue weighted by molar-refractivity contribution is 7.18. The molecule has 2 N–H and O–H groups in total. The molecule has 2 unspecified atom stereocenters. The highest BCUT2D eigenvalue weighted by Crippen LogP contribution is 2.33. The van der Waals surface area contributed by atoms with Gasteiger partial charge in [0.2, 0.25) is 5.95 Å². The maximum absolute atomic E-state index is 4.68. The second-order valence-electron chi connectivity index (χ2n) is 5.66. The van der Waals surface area contributed by atoms with Crippen LogP contribution in [0.1, 0.15) is 38.0 Å². The lowest BCUT2D eigenvalue weighted by Crippen LogP contribution is -2.22. The molecule has 108 valence electrons. The summed E-state index contributed by atoms with van der Waals surface area (Å²) in [6, 6.07) is 2.74. The molecule has 1 aliphatic carbocycles. The van der Waals surface area contributed by atoms with Crippen LogP contribution in [0.5, 0.6) is 0 Å². The fourth-order valence-corrected chi connectivity index (χ4v) is 3.80. The summed E-state index contributed by atoms with van der Waals surface area (Å²) >= 11 is 1.73. The zero-order chi connectivity index (χ0) is 14.1. The molecule has 0 radical (unpaired) electrons. The molecule has 0 amide bonds. The highest BCUT2D eigenvalue weighted by Gasteiger charge is 2.24. The molecule has 5 heteroatoms. The average Bonchev–Trinajstić information content (AvgIpc) is 2.96. The first-order valence-corrected chi connectivity index (χ1v) is 8.27. The van der Waals surface area contributed by atoms with Crippen LogP contribution >= 0.6 is 11.3 Å². The van der Waals surface area contributed by atoms with Gasteiger partial charge in [0, 0.05) is 17.5 Å². The van der Waals surface area contributed by atoms with Gasteiger partial charge >= 0.3 is 0 Å². The first-order chi connectivity index (χ1) is 9.67. The van der Waals surface area contributed by atoms with Gasteiger partial charge in [0.25, 0.3) is 0 Å². The van der Waals surface area contributed by atoms with Crippen molar-refractivity contribution >= 4 is 33.3 Å². The molecule has 2 atom stereocenters. The highest BCUT2D eigenvalue weighted by atomic mass is 32.1. The number of fused-ring (bicyclic) bond motifs is 1. The number of aryl methyl sites for hydroxylation is 1. The lowest BCUT2D eigenvalue weighted by Gasteiger charge is -2.19. The normalized spacial score (nSPS) is 22.4. The van der Waals surface area contributed by atoms with E-state index in [1.807, 2.05) is 0 Å². The molecule has 4 nitrogen and oxygen atoms in total. The van der Waals surface area contributed by atoms with Crippen LogP contribution in [0.3, 0.4) is 0 Å². The molecule has 3 rings (SSSR count). The van der Waals surface area contributed by atoms with Gasteiger partial charge in [-0.3, -0.25) is 0 Å². The van der Waals surface area contributed by atoms with Gasteiger partial charge in [0.05, 0.1) is 5.39 Å². The predicted molar refractivity (Wildman–Crippen MR) is 86.7 cm³/mol.